The molecule has 8 heteroatoms. The van der Waals surface area contributed by atoms with Crippen LogP contribution in [0.25, 0.3) is 10.2 Å². The van der Waals surface area contributed by atoms with Crippen LogP contribution < -0.4 is 9.62 Å². The van der Waals surface area contributed by atoms with Gasteiger partial charge in [0, 0.05) is 12.6 Å². The minimum Gasteiger partial charge on any atom is -0.298 e. The number of nitrogens with zero attached hydrogens (tertiary/aromatic N) is 2. The topological polar surface area (TPSA) is 79.4 Å². The molecule has 0 spiro atoms. The average Bonchev–Trinajstić information content (AvgIpc) is 3.21. The predicted molar refractivity (Wildman–Crippen MR) is 130 cm³/mol. The summed E-state index contributed by atoms with van der Waals surface area (Å²) in [7, 11) is -2.23. The molecule has 0 atom stereocenters. The van der Waals surface area contributed by atoms with E-state index >= 15 is 0 Å². The zero-order valence-electron chi connectivity index (χ0n) is 17.9. The number of fused-ring (bicyclic) bond motifs is 1. The first kappa shape index (κ1) is 22.0. The second-order valence-electron chi connectivity index (χ2n) is 7.65. The molecule has 0 radical (unpaired) electrons. The van der Waals surface area contributed by atoms with Gasteiger partial charge in [0.05, 0.1) is 20.8 Å². The van der Waals surface area contributed by atoms with Crippen molar-refractivity contribution in [1.29, 1.82) is 0 Å². The Morgan fingerprint density at radius 2 is 1.66 bits per heavy atom. The summed E-state index contributed by atoms with van der Waals surface area (Å²) < 4.78 is 28.0. The van der Waals surface area contributed by atoms with Crippen LogP contribution in [-0.4, -0.2) is 26.4 Å². The van der Waals surface area contributed by atoms with Crippen molar-refractivity contribution in [1.82, 2.24) is 4.98 Å². The molecular weight excluding hydrogens is 442 g/mol. The fourth-order valence-electron chi connectivity index (χ4n) is 3.37. The Morgan fingerprint density at radius 3 is 2.31 bits per heavy atom. The SMILES string of the molecule is CC(C)c1cccc2sc(NC(=O)c3ccc(S(=O)(=O)N(C)c4ccccc4)cc3)nc12. The molecule has 0 aliphatic heterocycles. The van der Waals surface area contributed by atoms with Gasteiger partial charge in [-0.2, -0.15) is 0 Å². The molecule has 0 aliphatic rings. The van der Waals surface area contributed by atoms with Gasteiger partial charge in [-0.25, -0.2) is 13.4 Å². The summed E-state index contributed by atoms with van der Waals surface area (Å²) in [5.74, 6) is -0.0108. The minimum atomic E-state index is -3.73. The van der Waals surface area contributed by atoms with Gasteiger partial charge in [-0.3, -0.25) is 14.4 Å². The van der Waals surface area contributed by atoms with E-state index in [-0.39, 0.29) is 10.8 Å². The molecule has 0 bridgehead atoms. The molecule has 3 aromatic carbocycles. The lowest BCUT2D eigenvalue weighted by Crippen LogP contribution is -2.26. The Balaban J connectivity index is 1.54. The van der Waals surface area contributed by atoms with Crippen molar-refractivity contribution in [2.45, 2.75) is 24.7 Å². The first-order valence-corrected chi connectivity index (χ1v) is 12.4. The molecule has 1 amide bonds. The first-order chi connectivity index (χ1) is 15.3. The molecular formula is C24H23N3O3S2. The Bertz CT molecular complexity index is 1360. The highest BCUT2D eigenvalue weighted by Crippen LogP contribution is 2.32. The predicted octanol–water partition coefficient (Wildman–Crippen LogP) is 5.50. The summed E-state index contributed by atoms with van der Waals surface area (Å²) in [6, 6.07) is 20.8. The lowest BCUT2D eigenvalue weighted by Gasteiger charge is -2.19. The molecule has 0 saturated heterocycles. The van der Waals surface area contributed by atoms with Gasteiger partial charge in [0.2, 0.25) is 0 Å². The van der Waals surface area contributed by atoms with E-state index in [1.807, 2.05) is 24.3 Å². The van der Waals surface area contributed by atoms with Crippen LogP contribution in [0.15, 0.2) is 77.7 Å². The number of amides is 1. The summed E-state index contributed by atoms with van der Waals surface area (Å²) >= 11 is 1.42. The molecule has 1 aromatic heterocycles. The highest BCUT2D eigenvalue weighted by Gasteiger charge is 2.22. The smallest absolute Gasteiger partial charge is 0.264 e. The van der Waals surface area contributed by atoms with Gasteiger partial charge in [-0.15, -0.1) is 0 Å². The number of aromatic nitrogens is 1. The molecule has 1 heterocycles. The van der Waals surface area contributed by atoms with Crippen LogP contribution in [0.2, 0.25) is 0 Å². The standard InChI is InChI=1S/C24H23N3O3S2/c1-16(2)20-10-7-11-21-22(20)25-24(31-21)26-23(28)17-12-14-19(15-13-17)32(29,30)27(3)18-8-5-4-6-9-18/h4-16H,1-3H3,(H,25,26,28). The third-order valence-electron chi connectivity index (χ3n) is 5.19. The van der Waals surface area contributed by atoms with Crippen LogP contribution in [0, 0.1) is 0 Å². The summed E-state index contributed by atoms with van der Waals surface area (Å²) in [5.41, 5.74) is 2.95. The van der Waals surface area contributed by atoms with Crippen molar-refractivity contribution in [3.05, 3.63) is 83.9 Å². The van der Waals surface area contributed by atoms with Crippen molar-refractivity contribution in [2.24, 2.45) is 0 Å². The molecule has 4 aromatic rings. The van der Waals surface area contributed by atoms with Crippen LogP contribution >= 0.6 is 11.3 Å². The number of rotatable bonds is 6. The number of anilines is 2. The molecule has 164 valence electrons. The van der Waals surface area contributed by atoms with Gasteiger partial charge < -0.3 is 0 Å². The fourth-order valence-corrected chi connectivity index (χ4v) is 5.46. The maximum absolute atomic E-state index is 12.9. The van der Waals surface area contributed by atoms with E-state index in [2.05, 4.69) is 24.1 Å². The summed E-state index contributed by atoms with van der Waals surface area (Å²) in [6.45, 7) is 4.22. The number of benzene rings is 3. The number of thiazole rings is 1. The minimum absolute atomic E-state index is 0.113. The molecule has 32 heavy (non-hydrogen) atoms. The maximum atomic E-state index is 12.9. The second kappa shape index (κ2) is 8.72. The Kier molecular flexibility index (Phi) is 5.99. The molecule has 0 aliphatic carbocycles. The quantitative estimate of drug-likeness (QED) is 0.408. The zero-order chi connectivity index (χ0) is 22.9. The molecule has 0 unspecified atom stereocenters. The van der Waals surface area contributed by atoms with Gasteiger partial charge >= 0.3 is 0 Å². The Hall–Kier alpha value is -3.23. The summed E-state index contributed by atoms with van der Waals surface area (Å²) in [4.78, 5) is 17.4. The van der Waals surface area contributed by atoms with Crippen LogP contribution in [0.4, 0.5) is 10.8 Å². The van der Waals surface area contributed by atoms with Crippen molar-refractivity contribution >= 4 is 48.3 Å². The number of sulfonamides is 1. The van der Waals surface area contributed by atoms with Gasteiger partial charge in [0.25, 0.3) is 15.9 Å². The lowest BCUT2D eigenvalue weighted by atomic mass is 10.0. The molecule has 4 rings (SSSR count). The summed E-state index contributed by atoms with van der Waals surface area (Å²) in [5, 5.41) is 3.34. The Labute approximate surface area is 191 Å². The first-order valence-electron chi connectivity index (χ1n) is 10.1. The van der Waals surface area contributed by atoms with Crippen LogP contribution in [0.5, 0.6) is 0 Å². The van der Waals surface area contributed by atoms with Gasteiger partial charge in [0.1, 0.15) is 0 Å². The highest BCUT2D eigenvalue weighted by molar-refractivity contribution is 7.92. The van der Waals surface area contributed by atoms with Crippen molar-refractivity contribution in [3.8, 4) is 0 Å². The second-order valence-corrected chi connectivity index (χ2v) is 10.7. The number of hydrogen-bond donors (Lipinski definition) is 1. The average molecular weight is 466 g/mol. The van der Waals surface area contributed by atoms with Gasteiger partial charge in [0.15, 0.2) is 5.13 Å². The number of carbonyl (C=O) groups excluding carboxylic acids is 1. The lowest BCUT2D eigenvalue weighted by molar-refractivity contribution is 0.102. The normalized spacial score (nSPS) is 11.6. The zero-order valence-corrected chi connectivity index (χ0v) is 19.6. The number of nitrogens with one attached hydrogen (secondary N) is 1. The molecule has 1 N–H and O–H groups in total. The summed E-state index contributed by atoms with van der Waals surface area (Å²) in [6.07, 6.45) is 0. The van der Waals surface area contributed by atoms with E-state index in [9.17, 15) is 13.2 Å². The highest BCUT2D eigenvalue weighted by atomic mass is 32.2. The van der Waals surface area contributed by atoms with E-state index in [1.165, 1.54) is 47.0 Å². The van der Waals surface area contributed by atoms with E-state index in [1.54, 1.807) is 24.3 Å². The van der Waals surface area contributed by atoms with E-state index in [4.69, 9.17) is 0 Å². The Morgan fingerprint density at radius 1 is 0.969 bits per heavy atom. The molecule has 0 saturated carbocycles. The van der Waals surface area contributed by atoms with Gasteiger partial charge in [-0.1, -0.05) is 55.5 Å². The van der Waals surface area contributed by atoms with Crippen molar-refractivity contribution in [3.63, 3.8) is 0 Å². The largest absolute Gasteiger partial charge is 0.298 e. The van der Waals surface area contributed by atoms with Crippen molar-refractivity contribution < 1.29 is 13.2 Å². The number of carbonyl (C=O) groups is 1. The van der Waals surface area contributed by atoms with Crippen LogP contribution in [-0.2, 0) is 10.0 Å². The van der Waals surface area contributed by atoms with E-state index < -0.39 is 10.0 Å². The molecule has 0 fully saturated rings. The van der Waals surface area contributed by atoms with Crippen LogP contribution in [0.1, 0.15) is 35.7 Å². The third-order valence-corrected chi connectivity index (χ3v) is 7.92. The number of para-hydroxylation sites is 2. The monoisotopic (exact) mass is 465 g/mol. The fraction of sp³-hybridized carbons (Fsp3) is 0.167. The van der Waals surface area contributed by atoms with E-state index in [0.717, 1.165) is 15.8 Å². The van der Waals surface area contributed by atoms with Crippen LogP contribution in [0.3, 0.4) is 0 Å². The third kappa shape index (κ3) is 4.24. The number of hydrogen-bond acceptors (Lipinski definition) is 5. The van der Waals surface area contributed by atoms with Crippen molar-refractivity contribution in [2.75, 3.05) is 16.7 Å². The molecule has 6 nitrogen and oxygen atoms in total. The van der Waals surface area contributed by atoms with E-state index in [0.29, 0.717) is 22.3 Å². The van der Waals surface area contributed by atoms with Gasteiger partial charge in [-0.05, 0) is 53.9 Å². The maximum Gasteiger partial charge on any atom is 0.264 e.